The fourth-order valence-corrected chi connectivity index (χ4v) is 4.02. The number of hydrogen-bond acceptors (Lipinski definition) is 4. The lowest BCUT2D eigenvalue weighted by Gasteiger charge is -2.35. The molecular formula is C23H34N4O2. The summed E-state index contributed by atoms with van der Waals surface area (Å²) >= 11 is 0. The lowest BCUT2D eigenvalue weighted by Crippen LogP contribution is -2.49. The van der Waals surface area contributed by atoms with Gasteiger partial charge in [0, 0.05) is 25.7 Å². The molecule has 3 rings (SSSR count). The van der Waals surface area contributed by atoms with Gasteiger partial charge in [0.05, 0.1) is 37.2 Å². The van der Waals surface area contributed by atoms with Crippen LogP contribution in [0.15, 0.2) is 36.5 Å². The van der Waals surface area contributed by atoms with Gasteiger partial charge < -0.3 is 10.1 Å². The van der Waals surface area contributed by atoms with Crippen LogP contribution in [0.25, 0.3) is 0 Å². The van der Waals surface area contributed by atoms with E-state index in [9.17, 15) is 4.79 Å². The number of nitrogens with zero attached hydrogens (tertiary/aromatic N) is 3. The van der Waals surface area contributed by atoms with Crippen LogP contribution in [0.5, 0.6) is 0 Å². The molecule has 2 aromatic rings. The fourth-order valence-electron chi connectivity index (χ4n) is 4.02. The van der Waals surface area contributed by atoms with Crippen LogP contribution in [-0.2, 0) is 17.7 Å². The first-order valence-electron chi connectivity index (χ1n) is 10.8. The van der Waals surface area contributed by atoms with Crippen LogP contribution in [0, 0.1) is 5.92 Å². The summed E-state index contributed by atoms with van der Waals surface area (Å²) in [6, 6.07) is 10.6. The molecule has 1 aliphatic heterocycles. The molecule has 0 radical (unpaired) electrons. The van der Waals surface area contributed by atoms with Gasteiger partial charge in [-0.15, -0.1) is 0 Å². The summed E-state index contributed by atoms with van der Waals surface area (Å²) in [4.78, 5) is 15.4. The second kappa shape index (κ2) is 10.6. The highest BCUT2D eigenvalue weighted by atomic mass is 16.5. The second-order valence-electron chi connectivity index (χ2n) is 8.14. The van der Waals surface area contributed by atoms with E-state index in [1.165, 1.54) is 5.56 Å². The van der Waals surface area contributed by atoms with Crippen molar-refractivity contribution in [3.05, 3.63) is 53.3 Å². The predicted octanol–water partition coefficient (Wildman–Crippen LogP) is 2.97. The number of aromatic nitrogens is 2. The highest BCUT2D eigenvalue weighted by Crippen LogP contribution is 2.15. The van der Waals surface area contributed by atoms with Crippen molar-refractivity contribution in [3.63, 3.8) is 0 Å². The molecule has 1 aromatic heterocycles. The van der Waals surface area contributed by atoms with Crippen molar-refractivity contribution in [2.45, 2.75) is 46.2 Å². The zero-order chi connectivity index (χ0) is 20.6. The van der Waals surface area contributed by atoms with Crippen molar-refractivity contribution in [1.29, 1.82) is 0 Å². The quantitative estimate of drug-likeness (QED) is 0.706. The molecule has 0 bridgehead atoms. The van der Waals surface area contributed by atoms with Crippen molar-refractivity contribution in [1.82, 2.24) is 20.0 Å². The lowest BCUT2D eigenvalue weighted by molar-refractivity contribution is 0.0124. The zero-order valence-electron chi connectivity index (χ0n) is 17.9. The molecule has 6 heteroatoms. The number of amides is 1. The van der Waals surface area contributed by atoms with E-state index in [0.717, 1.165) is 44.8 Å². The highest BCUT2D eigenvalue weighted by Gasteiger charge is 2.24. The first kappa shape index (κ1) is 21.5. The zero-order valence-corrected chi connectivity index (χ0v) is 17.9. The summed E-state index contributed by atoms with van der Waals surface area (Å²) in [5, 5.41) is 7.68. The molecule has 1 aromatic carbocycles. The Labute approximate surface area is 174 Å². The summed E-state index contributed by atoms with van der Waals surface area (Å²) < 4.78 is 7.43. The van der Waals surface area contributed by atoms with Gasteiger partial charge in [0.15, 0.2) is 0 Å². The predicted molar refractivity (Wildman–Crippen MR) is 115 cm³/mol. The van der Waals surface area contributed by atoms with E-state index in [0.29, 0.717) is 30.6 Å². The highest BCUT2D eigenvalue weighted by molar-refractivity contribution is 5.95. The number of hydrogen-bond donors (Lipinski definition) is 1. The molecule has 1 aliphatic rings. The van der Waals surface area contributed by atoms with Gasteiger partial charge in [-0.1, -0.05) is 51.1 Å². The third-order valence-corrected chi connectivity index (χ3v) is 5.51. The number of carbonyl (C=O) groups excluding carboxylic acids is 1. The van der Waals surface area contributed by atoms with Crippen molar-refractivity contribution in [2.75, 3.05) is 32.8 Å². The molecule has 1 atom stereocenters. The average Bonchev–Trinajstić information content (AvgIpc) is 3.14. The van der Waals surface area contributed by atoms with E-state index in [2.05, 4.69) is 48.2 Å². The normalized spacial score (nSPS) is 16.1. The number of nitrogens with one attached hydrogen (secondary N) is 1. The number of rotatable bonds is 9. The number of ether oxygens (including phenoxy) is 1. The molecule has 1 fully saturated rings. The molecule has 158 valence electrons. The molecule has 0 spiro atoms. The molecular weight excluding hydrogens is 364 g/mol. The van der Waals surface area contributed by atoms with Gasteiger partial charge in [-0.3, -0.25) is 14.4 Å². The fraction of sp³-hybridized carbons (Fsp3) is 0.565. The Morgan fingerprint density at radius 2 is 1.93 bits per heavy atom. The maximum Gasteiger partial charge on any atom is 0.254 e. The average molecular weight is 399 g/mol. The molecule has 1 amide bonds. The van der Waals surface area contributed by atoms with Gasteiger partial charge in [-0.05, 0) is 24.3 Å². The van der Waals surface area contributed by atoms with Crippen LogP contribution in [0.1, 0.15) is 48.8 Å². The Hall–Kier alpha value is -2.18. The standard InChI is InChI=1S/C23H34N4O2/c1-4-22-21(16-25-27(22)17-19-8-6-5-7-9-19)23(28)24-15-20(14-18(2)3)26-10-12-29-13-11-26/h5-9,16,18,20H,4,10-15,17H2,1-3H3,(H,24,28). The maximum atomic E-state index is 13.0. The maximum absolute atomic E-state index is 13.0. The number of morpholine rings is 1. The molecule has 6 nitrogen and oxygen atoms in total. The van der Waals surface area contributed by atoms with E-state index in [1.54, 1.807) is 6.20 Å². The molecule has 1 N–H and O–H groups in total. The Balaban J connectivity index is 1.66. The van der Waals surface area contributed by atoms with Crippen LogP contribution >= 0.6 is 0 Å². The molecule has 1 unspecified atom stereocenters. The van der Waals surface area contributed by atoms with E-state index in [4.69, 9.17) is 4.74 Å². The molecule has 0 aliphatic carbocycles. The van der Waals surface area contributed by atoms with Crippen molar-refractivity contribution in [2.24, 2.45) is 5.92 Å². The van der Waals surface area contributed by atoms with Crippen LogP contribution in [-0.4, -0.2) is 59.5 Å². The van der Waals surface area contributed by atoms with Crippen LogP contribution in [0.2, 0.25) is 0 Å². The van der Waals surface area contributed by atoms with Gasteiger partial charge in [0.25, 0.3) is 5.91 Å². The summed E-state index contributed by atoms with van der Waals surface area (Å²) in [5.74, 6) is 0.558. The molecule has 1 saturated heterocycles. The monoisotopic (exact) mass is 398 g/mol. The van der Waals surface area contributed by atoms with Crippen molar-refractivity contribution < 1.29 is 9.53 Å². The van der Waals surface area contributed by atoms with E-state index >= 15 is 0 Å². The van der Waals surface area contributed by atoms with Crippen LogP contribution in [0.4, 0.5) is 0 Å². The molecule has 29 heavy (non-hydrogen) atoms. The minimum atomic E-state index is -0.0248. The Morgan fingerprint density at radius 3 is 2.59 bits per heavy atom. The third-order valence-electron chi connectivity index (χ3n) is 5.51. The van der Waals surface area contributed by atoms with Crippen molar-refractivity contribution >= 4 is 5.91 Å². The summed E-state index contributed by atoms with van der Waals surface area (Å²) in [6.45, 7) is 11.3. The number of benzene rings is 1. The van der Waals surface area contributed by atoms with Gasteiger partial charge in [-0.2, -0.15) is 5.10 Å². The minimum Gasteiger partial charge on any atom is -0.379 e. The topological polar surface area (TPSA) is 59.4 Å². The minimum absolute atomic E-state index is 0.0248. The Morgan fingerprint density at radius 1 is 1.21 bits per heavy atom. The van der Waals surface area contributed by atoms with Gasteiger partial charge in [-0.25, -0.2) is 0 Å². The molecule has 2 heterocycles. The lowest BCUT2D eigenvalue weighted by atomic mass is 10.0. The molecule has 0 saturated carbocycles. The number of carbonyl (C=O) groups is 1. The largest absolute Gasteiger partial charge is 0.379 e. The SMILES string of the molecule is CCc1c(C(=O)NCC(CC(C)C)N2CCOCC2)cnn1Cc1ccccc1. The summed E-state index contributed by atoms with van der Waals surface area (Å²) in [6.07, 6.45) is 3.55. The van der Waals surface area contributed by atoms with E-state index < -0.39 is 0 Å². The first-order chi connectivity index (χ1) is 14.1. The Kier molecular flexibility index (Phi) is 7.83. The summed E-state index contributed by atoms with van der Waals surface area (Å²) in [5.41, 5.74) is 2.86. The van der Waals surface area contributed by atoms with Crippen LogP contribution < -0.4 is 5.32 Å². The van der Waals surface area contributed by atoms with Crippen LogP contribution in [0.3, 0.4) is 0 Å². The summed E-state index contributed by atoms with van der Waals surface area (Å²) in [7, 11) is 0. The van der Waals surface area contributed by atoms with Crippen molar-refractivity contribution in [3.8, 4) is 0 Å². The van der Waals surface area contributed by atoms with E-state index in [-0.39, 0.29) is 5.91 Å². The smallest absolute Gasteiger partial charge is 0.254 e. The Bertz CT molecular complexity index is 766. The first-order valence-corrected chi connectivity index (χ1v) is 10.8. The van der Waals surface area contributed by atoms with E-state index in [1.807, 2.05) is 22.9 Å². The van der Waals surface area contributed by atoms with Gasteiger partial charge in [0.1, 0.15) is 0 Å². The second-order valence-corrected chi connectivity index (χ2v) is 8.14. The van der Waals surface area contributed by atoms with Gasteiger partial charge >= 0.3 is 0 Å². The third kappa shape index (κ3) is 5.90. The van der Waals surface area contributed by atoms with Gasteiger partial charge in [0.2, 0.25) is 0 Å².